The molecule has 1 aliphatic rings. The zero-order chi connectivity index (χ0) is 22.5. The lowest BCUT2D eigenvalue weighted by Crippen LogP contribution is -2.49. The highest BCUT2D eigenvalue weighted by Gasteiger charge is 2.22. The van der Waals surface area contributed by atoms with Gasteiger partial charge in [-0.05, 0) is 36.4 Å². The molecule has 3 aromatic rings. The Morgan fingerprint density at radius 1 is 1.16 bits per heavy atom. The van der Waals surface area contributed by atoms with Gasteiger partial charge in [0.2, 0.25) is 17.6 Å². The summed E-state index contributed by atoms with van der Waals surface area (Å²) in [6.07, 6.45) is 0. The van der Waals surface area contributed by atoms with Gasteiger partial charge in [0, 0.05) is 43.7 Å². The summed E-state index contributed by atoms with van der Waals surface area (Å²) in [6.45, 7) is 4.95. The molecule has 0 bridgehead atoms. The van der Waals surface area contributed by atoms with Crippen molar-refractivity contribution in [3.05, 3.63) is 51.5 Å². The molecule has 1 aromatic carbocycles. The summed E-state index contributed by atoms with van der Waals surface area (Å²) in [5.74, 6) is 2.07. The van der Waals surface area contributed by atoms with Crippen LogP contribution in [-0.2, 0) is 17.9 Å². The molecule has 3 heterocycles. The van der Waals surface area contributed by atoms with Crippen molar-refractivity contribution in [2.45, 2.75) is 13.1 Å². The fourth-order valence-corrected chi connectivity index (χ4v) is 4.69. The van der Waals surface area contributed by atoms with Crippen LogP contribution in [0, 0.1) is 0 Å². The topological polar surface area (TPSA) is 74.9 Å². The molecule has 0 spiro atoms. The van der Waals surface area contributed by atoms with Crippen molar-refractivity contribution in [1.29, 1.82) is 0 Å². The summed E-state index contributed by atoms with van der Waals surface area (Å²) < 4.78 is 11.4. The van der Waals surface area contributed by atoms with E-state index in [0.717, 1.165) is 46.7 Å². The third kappa shape index (κ3) is 5.86. The number of carbonyl (C=O) groups is 1. The summed E-state index contributed by atoms with van der Waals surface area (Å²) in [7, 11) is 3.47. The minimum absolute atomic E-state index is 0.115. The number of hydrogen-bond acceptors (Lipinski definition) is 8. The highest BCUT2D eigenvalue weighted by molar-refractivity contribution is 7.16. The smallest absolute Gasteiger partial charge is 0.241 e. The van der Waals surface area contributed by atoms with Gasteiger partial charge in [-0.1, -0.05) is 16.8 Å². The Kier molecular flexibility index (Phi) is 7.41. The number of thiophene rings is 1. The van der Waals surface area contributed by atoms with E-state index in [-0.39, 0.29) is 5.91 Å². The Balaban J connectivity index is 1.22. The first kappa shape index (κ1) is 22.7. The third-order valence-electron chi connectivity index (χ3n) is 5.45. The van der Waals surface area contributed by atoms with Crippen molar-refractivity contribution in [2.24, 2.45) is 0 Å². The SMILES string of the molecule is COc1ccc(-c2noc(CN3CCN(CC(=O)N(C)Cc4ccc(Cl)s4)CC3)n2)cc1. The Bertz CT molecular complexity index is 1030. The number of hydrogen-bond donors (Lipinski definition) is 0. The molecule has 0 radical (unpaired) electrons. The Labute approximate surface area is 196 Å². The number of benzene rings is 1. The van der Waals surface area contributed by atoms with Crippen LogP contribution in [0.15, 0.2) is 40.9 Å². The van der Waals surface area contributed by atoms with Crippen LogP contribution in [0.4, 0.5) is 0 Å². The lowest BCUT2D eigenvalue weighted by molar-refractivity contribution is -0.132. The van der Waals surface area contributed by atoms with Crippen LogP contribution < -0.4 is 4.74 Å². The predicted molar refractivity (Wildman–Crippen MR) is 124 cm³/mol. The number of likely N-dealkylation sites (N-methyl/N-ethyl adjacent to an activating group) is 1. The van der Waals surface area contributed by atoms with Crippen molar-refractivity contribution in [1.82, 2.24) is 24.8 Å². The van der Waals surface area contributed by atoms with Crippen LogP contribution in [0.3, 0.4) is 0 Å². The van der Waals surface area contributed by atoms with Crippen molar-refractivity contribution in [3.8, 4) is 17.1 Å². The third-order valence-corrected chi connectivity index (χ3v) is 6.66. The van der Waals surface area contributed by atoms with Gasteiger partial charge in [-0.15, -0.1) is 11.3 Å². The molecule has 2 aromatic heterocycles. The number of rotatable bonds is 8. The number of halogens is 1. The summed E-state index contributed by atoms with van der Waals surface area (Å²) in [5.41, 5.74) is 0.887. The fourth-order valence-electron chi connectivity index (χ4n) is 3.54. The maximum Gasteiger partial charge on any atom is 0.241 e. The monoisotopic (exact) mass is 475 g/mol. The van der Waals surface area contributed by atoms with Gasteiger partial charge in [-0.25, -0.2) is 0 Å². The molecule has 0 atom stereocenters. The van der Waals surface area contributed by atoms with E-state index in [0.29, 0.717) is 31.3 Å². The second-order valence-electron chi connectivity index (χ2n) is 7.75. The lowest BCUT2D eigenvalue weighted by atomic mass is 10.2. The number of piperazine rings is 1. The second-order valence-corrected chi connectivity index (χ2v) is 9.55. The number of nitrogens with zero attached hydrogens (tertiary/aromatic N) is 5. The molecule has 1 fully saturated rings. The summed E-state index contributed by atoms with van der Waals surface area (Å²) in [5, 5.41) is 4.10. The molecule has 0 aliphatic carbocycles. The second kappa shape index (κ2) is 10.4. The normalized spacial score (nSPS) is 15.1. The van der Waals surface area contributed by atoms with E-state index < -0.39 is 0 Å². The highest BCUT2D eigenvalue weighted by atomic mass is 35.5. The van der Waals surface area contributed by atoms with Crippen LogP contribution in [0.1, 0.15) is 10.8 Å². The lowest BCUT2D eigenvalue weighted by Gasteiger charge is -2.34. The fraction of sp³-hybridized carbons (Fsp3) is 0.409. The van der Waals surface area contributed by atoms with Gasteiger partial charge in [0.1, 0.15) is 5.75 Å². The van der Waals surface area contributed by atoms with Crippen LogP contribution in [-0.4, -0.2) is 77.6 Å². The van der Waals surface area contributed by atoms with Gasteiger partial charge in [0.25, 0.3) is 0 Å². The van der Waals surface area contributed by atoms with Crippen molar-refractivity contribution >= 4 is 28.8 Å². The van der Waals surface area contributed by atoms with E-state index in [2.05, 4.69) is 19.9 Å². The molecular weight excluding hydrogens is 450 g/mol. The molecule has 1 aliphatic heterocycles. The number of methoxy groups -OCH3 is 1. The maximum atomic E-state index is 12.6. The molecule has 10 heteroatoms. The maximum absolute atomic E-state index is 12.6. The average molecular weight is 476 g/mol. The molecule has 0 N–H and O–H groups in total. The summed E-state index contributed by atoms with van der Waals surface area (Å²) in [4.78, 5) is 24.4. The highest BCUT2D eigenvalue weighted by Crippen LogP contribution is 2.23. The van der Waals surface area contributed by atoms with E-state index in [1.807, 2.05) is 43.4 Å². The number of amides is 1. The first-order valence-corrected chi connectivity index (χ1v) is 11.6. The molecule has 0 unspecified atom stereocenters. The minimum atomic E-state index is 0.115. The molecule has 32 heavy (non-hydrogen) atoms. The van der Waals surface area contributed by atoms with Gasteiger partial charge in [0.05, 0.1) is 31.1 Å². The van der Waals surface area contributed by atoms with Crippen molar-refractivity contribution in [2.75, 3.05) is 46.9 Å². The molecule has 8 nitrogen and oxygen atoms in total. The van der Waals surface area contributed by atoms with Crippen LogP contribution in [0.2, 0.25) is 4.34 Å². The van der Waals surface area contributed by atoms with Gasteiger partial charge in [0.15, 0.2) is 0 Å². The molecule has 1 amide bonds. The summed E-state index contributed by atoms with van der Waals surface area (Å²) in [6, 6.07) is 11.4. The number of ether oxygens (including phenoxy) is 1. The molecule has 0 saturated carbocycles. The number of carbonyl (C=O) groups excluding carboxylic acids is 1. The average Bonchev–Trinajstić information content (AvgIpc) is 3.44. The Morgan fingerprint density at radius 3 is 2.53 bits per heavy atom. The van der Waals surface area contributed by atoms with E-state index in [4.69, 9.17) is 20.9 Å². The standard InChI is InChI=1S/C22H26ClN5O3S/c1-26(13-18-7-8-19(23)32-18)21(29)15-28-11-9-27(10-12-28)14-20-24-22(25-31-20)16-3-5-17(30-2)6-4-16/h3-8H,9-15H2,1-2H3. The van der Waals surface area contributed by atoms with Gasteiger partial charge in [-0.3, -0.25) is 14.6 Å². The first-order valence-electron chi connectivity index (χ1n) is 10.4. The molecule has 4 rings (SSSR count). The quantitative estimate of drug-likeness (QED) is 0.495. The zero-order valence-corrected chi connectivity index (χ0v) is 19.7. The van der Waals surface area contributed by atoms with Crippen LogP contribution in [0.25, 0.3) is 11.4 Å². The van der Waals surface area contributed by atoms with E-state index in [9.17, 15) is 4.79 Å². The Hall–Kier alpha value is -2.46. The largest absolute Gasteiger partial charge is 0.497 e. The van der Waals surface area contributed by atoms with Crippen LogP contribution >= 0.6 is 22.9 Å². The van der Waals surface area contributed by atoms with Crippen molar-refractivity contribution in [3.63, 3.8) is 0 Å². The van der Waals surface area contributed by atoms with E-state index in [1.165, 1.54) is 11.3 Å². The molecule has 170 valence electrons. The predicted octanol–water partition coefficient (Wildman–Crippen LogP) is 3.24. The zero-order valence-electron chi connectivity index (χ0n) is 18.2. The molecule has 1 saturated heterocycles. The van der Waals surface area contributed by atoms with E-state index in [1.54, 1.807) is 12.0 Å². The van der Waals surface area contributed by atoms with Gasteiger partial charge in [-0.2, -0.15) is 4.98 Å². The first-order chi connectivity index (χ1) is 15.5. The van der Waals surface area contributed by atoms with Crippen molar-refractivity contribution < 1.29 is 14.1 Å². The van der Waals surface area contributed by atoms with E-state index >= 15 is 0 Å². The minimum Gasteiger partial charge on any atom is -0.497 e. The number of aromatic nitrogens is 2. The van der Waals surface area contributed by atoms with Crippen LogP contribution in [0.5, 0.6) is 5.75 Å². The summed E-state index contributed by atoms with van der Waals surface area (Å²) >= 11 is 7.49. The van der Waals surface area contributed by atoms with Gasteiger partial charge >= 0.3 is 0 Å². The molecular formula is C22H26ClN5O3S. The van der Waals surface area contributed by atoms with Gasteiger partial charge < -0.3 is 14.2 Å². The Morgan fingerprint density at radius 2 is 1.88 bits per heavy atom.